The average Bonchev–Trinajstić information content (AvgIpc) is 2.53. The quantitative estimate of drug-likeness (QED) is 0.730. The smallest absolute Gasteiger partial charge is 0.422 e. The van der Waals surface area contributed by atoms with E-state index in [0.717, 1.165) is 0 Å². The molecule has 1 aliphatic rings. The first-order valence-electron chi connectivity index (χ1n) is 8.06. The summed E-state index contributed by atoms with van der Waals surface area (Å²) in [6.07, 6.45) is -3.03. The molecule has 0 saturated heterocycles. The Kier molecular flexibility index (Phi) is 6.33. The van der Waals surface area contributed by atoms with Crippen LogP contribution in [0.4, 0.5) is 13.2 Å². The summed E-state index contributed by atoms with van der Waals surface area (Å²) in [6.45, 7) is -1.41. The number of aliphatic carboxylic acids is 1. The van der Waals surface area contributed by atoms with Crippen molar-refractivity contribution in [2.75, 3.05) is 13.7 Å². The number of hydrogen-bond donors (Lipinski definition) is 2. The molecule has 1 aliphatic carbocycles. The van der Waals surface area contributed by atoms with E-state index in [4.69, 9.17) is 14.6 Å². The van der Waals surface area contributed by atoms with Gasteiger partial charge in [0.05, 0.1) is 13.0 Å². The number of carboxylic acids is 1. The highest BCUT2D eigenvalue weighted by molar-refractivity contribution is 5.77. The number of benzene rings is 1. The van der Waals surface area contributed by atoms with E-state index < -0.39 is 24.7 Å². The van der Waals surface area contributed by atoms with Gasteiger partial charge >= 0.3 is 12.1 Å². The van der Waals surface area contributed by atoms with Crippen LogP contribution in [-0.4, -0.2) is 42.9 Å². The fourth-order valence-electron chi connectivity index (χ4n) is 2.64. The molecule has 0 aromatic heterocycles. The van der Waals surface area contributed by atoms with Gasteiger partial charge in [-0.2, -0.15) is 13.2 Å². The topological polar surface area (TPSA) is 84.9 Å². The Morgan fingerprint density at radius 3 is 2.54 bits per heavy atom. The Morgan fingerprint density at radius 1 is 1.27 bits per heavy atom. The minimum atomic E-state index is -4.44. The summed E-state index contributed by atoms with van der Waals surface area (Å²) < 4.78 is 46.4. The number of rotatable bonds is 8. The fraction of sp³-hybridized carbons (Fsp3) is 0.529. The molecule has 0 spiro atoms. The molecule has 0 radical (unpaired) electrons. The SMILES string of the molecule is COc1cc(CCC(=O)NC2CC(C(=O)O)C2)ccc1OCC(F)(F)F. The average molecular weight is 375 g/mol. The Balaban J connectivity index is 1.82. The van der Waals surface area contributed by atoms with Crippen molar-refractivity contribution in [2.24, 2.45) is 5.92 Å². The van der Waals surface area contributed by atoms with Crippen molar-refractivity contribution in [3.05, 3.63) is 23.8 Å². The van der Waals surface area contributed by atoms with E-state index in [1.807, 2.05) is 0 Å². The van der Waals surface area contributed by atoms with Crippen molar-refractivity contribution in [1.82, 2.24) is 5.32 Å². The molecule has 1 aromatic rings. The van der Waals surface area contributed by atoms with Crippen LogP contribution in [0.3, 0.4) is 0 Å². The highest BCUT2D eigenvalue weighted by Gasteiger charge is 2.35. The summed E-state index contributed by atoms with van der Waals surface area (Å²) in [5, 5.41) is 11.6. The van der Waals surface area contributed by atoms with Gasteiger partial charge in [-0.3, -0.25) is 9.59 Å². The second-order valence-electron chi connectivity index (χ2n) is 6.16. The third kappa shape index (κ3) is 5.82. The highest BCUT2D eigenvalue weighted by atomic mass is 19.4. The van der Waals surface area contributed by atoms with Crippen LogP contribution in [0.5, 0.6) is 11.5 Å². The van der Waals surface area contributed by atoms with Crippen molar-refractivity contribution < 1.29 is 37.3 Å². The lowest BCUT2D eigenvalue weighted by Crippen LogP contribution is -2.46. The van der Waals surface area contributed by atoms with Gasteiger partial charge in [0.2, 0.25) is 5.91 Å². The highest BCUT2D eigenvalue weighted by Crippen LogP contribution is 2.30. The molecular weight excluding hydrogens is 355 g/mol. The van der Waals surface area contributed by atoms with Crippen LogP contribution in [0.25, 0.3) is 0 Å². The Bertz CT molecular complexity index is 656. The van der Waals surface area contributed by atoms with E-state index in [-0.39, 0.29) is 29.9 Å². The van der Waals surface area contributed by atoms with Crippen LogP contribution in [0, 0.1) is 5.92 Å². The van der Waals surface area contributed by atoms with E-state index in [1.165, 1.54) is 19.2 Å². The summed E-state index contributed by atoms with van der Waals surface area (Å²) in [6, 6.07) is 4.37. The fourth-order valence-corrected chi connectivity index (χ4v) is 2.64. The van der Waals surface area contributed by atoms with Crippen molar-refractivity contribution in [2.45, 2.75) is 37.9 Å². The van der Waals surface area contributed by atoms with Crippen LogP contribution in [-0.2, 0) is 16.0 Å². The normalized spacial score (nSPS) is 19.4. The maximum atomic E-state index is 12.2. The second-order valence-corrected chi connectivity index (χ2v) is 6.16. The number of amides is 1. The molecule has 2 N–H and O–H groups in total. The molecule has 9 heteroatoms. The summed E-state index contributed by atoms with van der Waals surface area (Å²) in [5.41, 5.74) is 0.716. The number of carbonyl (C=O) groups is 2. The summed E-state index contributed by atoms with van der Waals surface area (Å²) in [4.78, 5) is 22.6. The van der Waals surface area contributed by atoms with Crippen LogP contribution in [0.15, 0.2) is 18.2 Å². The molecule has 0 unspecified atom stereocenters. The number of alkyl halides is 3. The number of carboxylic acid groups (broad SMARTS) is 1. The van der Waals surface area contributed by atoms with Gasteiger partial charge in [-0.15, -0.1) is 0 Å². The van der Waals surface area contributed by atoms with Gasteiger partial charge in [0.15, 0.2) is 18.1 Å². The lowest BCUT2D eigenvalue weighted by molar-refractivity contribution is -0.153. The molecule has 0 heterocycles. The zero-order valence-electron chi connectivity index (χ0n) is 14.1. The molecule has 1 saturated carbocycles. The lowest BCUT2D eigenvalue weighted by atomic mass is 9.80. The maximum absolute atomic E-state index is 12.2. The Morgan fingerprint density at radius 2 is 1.96 bits per heavy atom. The van der Waals surface area contributed by atoms with Gasteiger partial charge in [-0.1, -0.05) is 6.07 Å². The van der Waals surface area contributed by atoms with Crippen molar-refractivity contribution in [1.29, 1.82) is 0 Å². The minimum absolute atomic E-state index is 0.0211. The standard InChI is InChI=1S/C17H20F3NO5/c1-25-14-6-10(2-4-13(14)26-9-17(18,19)20)3-5-15(22)21-12-7-11(8-12)16(23)24/h2,4,6,11-12H,3,5,7-9H2,1H3,(H,21,22)(H,23,24). The van der Waals surface area contributed by atoms with Crippen molar-refractivity contribution >= 4 is 11.9 Å². The van der Waals surface area contributed by atoms with Crippen LogP contribution in [0.1, 0.15) is 24.8 Å². The number of aryl methyl sites for hydroxylation is 1. The monoisotopic (exact) mass is 375 g/mol. The molecule has 2 rings (SSSR count). The number of hydrogen-bond acceptors (Lipinski definition) is 4. The van der Waals surface area contributed by atoms with E-state index in [9.17, 15) is 22.8 Å². The van der Waals surface area contributed by atoms with E-state index in [0.29, 0.717) is 24.8 Å². The number of ether oxygens (including phenoxy) is 2. The van der Waals surface area contributed by atoms with Gasteiger partial charge in [0.1, 0.15) is 0 Å². The molecule has 26 heavy (non-hydrogen) atoms. The summed E-state index contributed by atoms with van der Waals surface area (Å²) in [5.74, 6) is -1.30. The van der Waals surface area contributed by atoms with E-state index >= 15 is 0 Å². The molecular formula is C17H20F3NO5. The number of halogens is 3. The van der Waals surface area contributed by atoms with Gasteiger partial charge in [0.25, 0.3) is 0 Å². The molecule has 0 bridgehead atoms. The number of carbonyl (C=O) groups excluding carboxylic acids is 1. The van der Waals surface area contributed by atoms with Gasteiger partial charge in [-0.25, -0.2) is 0 Å². The van der Waals surface area contributed by atoms with E-state index in [2.05, 4.69) is 5.32 Å². The Hall–Kier alpha value is -2.45. The van der Waals surface area contributed by atoms with Crippen LogP contribution in [0.2, 0.25) is 0 Å². The second kappa shape index (κ2) is 8.29. The molecule has 1 amide bonds. The largest absolute Gasteiger partial charge is 0.493 e. The third-order valence-electron chi connectivity index (χ3n) is 4.11. The predicted molar refractivity (Wildman–Crippen MR) is 85.2 cm³/mol. The van der Waals surface area contributed by atoms with Crippen LogP contribution >= 0.6 is 0 Å². The third-order valence-corrected chi connectivity index (χ3v) is 4.11. The zero-order valence-corrected chi connectivity index (χ0v) is 14.1. The van der Waals surface area contributed by atoms with Crippen molar-refractivity contribution in [3.63, 3.8) is 0 Å². The molecule has 0 atom stereocenters. The molecule has 144 valence electrons. The first-order valence-corrected chi connectivity index (χ1v) is 8.06. The molecule has 1 fully saturated rings. The number of nitrogens with one attached hydrogen (secondary N) is 1. The predicted octanol–water partition coefficient (Wildman–Crippen LogP) is 2.55. The van der Waals surface area contributed by atoms with Gasteiger partial charge in [-0.05, 0) is 37.0 Å². The minimum Gasteiger partial charge on any atom is -0.493 e. The van der Waals surface area contributed by atoms with Crippen LogP contribution < -0.4 is 14.8 Å². The van der Waals surface area contributed by atoms with E-state index in [1.54, 1.807) is 6.07 Å². The van der Waals surface area contributed by atoms with Gasteiger partial charge < -0.3 is 19.9 Å². The Labute approximate surface area is 148 Å². The molecule has 0 aliphatic heterocycles. The molecule has 1 aromatic carbocycles. The first kappa shape index (κ1) is 19.9. The maximum Gasteiger partial charge on any atom is 0.422 e. The summed E-state index contributed by atoms with van der Waals surface area (Å²) >= 11 is 0. The lowest BCUT2D eigenvalue weighted by Gasteiger charge is -2.32. The molecule has 6 nitrogen and oxygen atoms in total. The zero-order chi connectivity index (χ0) is 19.3. The first-order chi connectivity index (χ1) is 12.2. The van der Waals surface area contributed by atoms with Crippen molar-refractivity contribution in [3.8, 4) is 11.5 Å². The number of methoxy groups -OCH3 is 1. The summed E-state index contributed by atoms with van der Waals surface area (Å²) in [7, 11) is 1.32. The van der Waals surface area contributed by atoms with Gasteiger partial charge in [0, 0.05) is 12.5 Å².